The lowest BCUT2D eigenvalue weighted by molar-refractivity contribution is -0.117. The van der Waals surface area contributed by atoms with Crippen LogP contribution in [0.1, 0.15) is 15.9 Å². The second kappa shape index (κ2) is 6.65. The molecule has 5 heteroatoms. The second-order valence-electron chi connectivity index (χ2n) is 4.50. The zero-order valence-electron chi connectivity index (χ0n) is 11.9. The molecule has 2 aromatic rings. The van der Waals surface area contributed by atoms with Gasteiger partial charge in [-0.15, -0.1) is 0 Å². The number of benzene rings is 1. The molecule has 5 nitrogen and oxygen atoms in total. The topological polar surface area (TPSA) is 59.5 Å². The van der Waals surface area contributed by atoms with Gasteiger partial charge in [0, 0.05) is 19.4 Å². The molecule has 2 rings (SSSR count). The number of rotatable bonds is 4. The number of nitrogens with zero attached hydrogens (tertiary/aromatic N) is 2. The van der Waals surface area contributed by atoms with E-state index in [0.717, 1.165) is 5.56 Å². The van der Waals surface area contributed by atoms with Crippen LogP contribution in [0, 0.1) is 0 Å². The molecule has 1 aromatic carbocycles. The summed E-state index contributed by atoms with van der Waals surface area (Å²) in [5, 5.41) is 0. The average molecular weight is 284 g/mol. The Balaban J connectivity index is 2.22. The molecule has 1 amide bonds. The van der Waals surface area contributed by atoms with Crippen LogP contribution in [-0.4, -0.2) is 31.0 Å². The molecule has 0 N–H and O–H groups in total. The maximum absolute atomic E-state index is 12.3. The SMILES string of the molecule is COC(=O)c1ccccc1N(C)C(=O)Cc1cccnc1. The van der Waals surface area contributed by atoms with Crippen LogP contribution in [0.5, 0.6) is 0 Å². The van der Waals surface area contributed by atoms with Gasteiger partial charge in [0.05, 0.1) is 24.8 Å². The molecule has 0 aliphatic heterocycles. The third-order valence-electron chi connectivity index (χ3n) is 3.12. The minimum Gasteiger partial charge on any atom is -0.465 e. The number of amides is 1. The molecule has 0 atom stereocenters. The Morgan fingerprint density at radius 2 is 1.95 bits per heavy atom. The summed E-state index contributed by atoms with van der Waals surface area (Å²) in [6, 6.07) is 10.5. The van der Waals surface area contributed by atoms with Crippen molar-refractivity contribution in [3.8, 4) is 0 Å². The number of anilines is 1. The highest BCUT2D eigenvalue weighted by Crippen LogP contribution is 2.20. The van der Waals surface area contributed by atoms with E-state index in [2.05, 4.69) is 4.98 Å². The van der Waals surface area contributed by atoms with Gasteiger partial charge in [-0.05, 0) is 23.8 Å². The Labute approximate surface area is 123 Å². The van der Waals surface area contributed by atoms with Crippen molar-refractivity contribution in [1.82, 2.24) is 4.98 Å². The number of likely N-dealkylation sites (N-methyl/N-ethyl adjacent to an activating group) is 1. The van der Waals surface area contributed by atoms with Crippen LogP contribution in [0.4, 0.5) is 5.69 Å². The summed E-state index contributed by atoms with van der Waals surface area (Å²) in [4.78, 5) is 29.5. The van der Waals surface area contributed by atoms with Crippen molar-refractivity contribution in [2.75, 3.05) is 19.1 Å². The predicted molar refractivity (Wildman–Crippen MR) is 79.1 cm³/mol. The fourth-order valence-electron chi connectivity index (χ4n) is 1.98. The first kappa shape index (κ1) is 14.7. The van der Waals surface area contributed by atoms with E-state index in [0.29, 0.717) is 11.3 Å². The van der Waals surface area contributed by atoms with E-state index in [9.17, 15) is 9.59 Å². The Morgan fingerprint density at radius 1 is 1.19 bits per heavy atom. The molecule has 0 spiro atoms. The number of para-hydroxylation sites is 1. The van der Waals surface area contributed by atoms with Gasteiger partial charge in [-0.25, -0.2) is 4.79 Å². The minimum atomic E-state index is -0.466. The molecule has 0 bridgehead atoms. The number of ether oxygens (including phenoxy) is 1. The van der Waals surface area contributed by atoms with E-state index in [4.69, 9.17) is 4.74 Å². The van der Waals surface area contributed by atoms with Crippen molar-refractivity contribution >= 4 is 17.6 Å². The maximum atomic E-state index is 12.3. The van der Waals surface area contributed by atoms with E-state index in [1.807, 2.05) is 6.07 Å². The van der Waals surface area contributed by atoms with Crippen LogP contribution < -0.4 is 4.90 Å². The van der Waals surface area contributed by atoms with Crippen molar-refractivity contribution < 1.29 is 14.3 Å². The van der Waals surface area contributed by atoms with Gasteiger partial charge in [0.15, 0.2) is 0 Å². The summed E-state index contributed by atoms with van der Waals surface area (Å²) in [6.45, 7) is 0. The van der Waals surface area contributed by atoms with Crippen LogP contribution >= 0.6 is 0 Å². The van der Waals surface area contributed by atoms with Crippen LogP contribution in [0.2, 0.25) is 0 Å². The Hall–Kier alpha value is -2.69. The summed E-state index contributed by atoms with van der Waals surface area (Å²) in [6.07, 6.45) is 3.53. The first-order chi connectivity index (χ1) is 10.1. The number of carbonyl (C=O) groups is 2. The van der Waals surface area contributed by atoms with Gasteiger partial charge in [0.25, 0.3) is 0 Å². The normalized spacial score (nSPS) is 10.0. The fourth-order valence-corrected chi connectivity index (χ4v) is 1.98. The molecule has 21 heavy (non-hydrogen) atoms. The van der Waals surface area contributed by atoms with Crippen LogP contribution in [0.15, 0.2) is 48.8 Å². The van der Waals surface area contributed by atoms with Crippen LogP contribution in [-0.2, 0) is 16.0 Å². The number of carbonyl (C=O) groups excluding carboxylic acids is 2. The predicted octanol–water partition coefficient (Wildman–Crippen LogP) is 2.07. The first-order valence-electron chi connectivity index (χ1n) is 6.46. The smallest absolute Gasteiger partial charge is 0.339 e. The lowest BCUT2D eigenvalue weighted by Gasteiger charge is -2.19. The third kappa shape index (κ3) is 3.45. The van der Waals surface area contributed by atoms with E-state index in [1.54, 1.807) is 49.8 Å². The maximum Gasteiger partial charge on any atom is 0.339 e. The Kier molecular flexibility index (Phi) is 4.66. The quantitative estimate of drug-likeness (QED) is 0.806. The zero-order chi connectivity index (χ0) is 15.2. The van der Waals surface area contributed by atoms with Crippen molar-refractivity contribution in [3.05, 3.63) is 59.9 Å². The highest BCUT2D eigenvalue weighted by Gasteiger charge is 2.18. The van der Waals surface area contributed by atoms with Gasteiger partial charge in [0.1, 0.15) is 0 Å². The highest BCUT2D eigenvalue weighted by atomic mass is 16.5. The minimum absolute atomic E-state index is 0.126. The molecule has 0 aliphatic rings. The second-order valence-corrected chi connectivity index (χ2v) is 4.50. The van der Waals surface area contributed by atoms with E-state index >= 15 is 0 Å². The van der Waals surface area contributed by atoms with Gasteiger partial charge in [-0.1, -0.05) is 18.2 Å². The summed E-state index contributed by atoms with van der Waals surface area (Å²) >= 11 is 0. The number of hydrogen-bond donors (Lipinski definition) is 0. The van der Waals surface area contributed by atoms with Crippen molar-refractivity contribution in [2.24, 2.45) is 0 Å². The van der Waals surface area contributed by atoms with Gasteiger partial charge in [-0.3, -0.25) is 9.78 Å². The molecule has 0 fully saturated rings. The summed E-state index contributed by atoms with van der Waals surface area (Å²) in [5.41, 5.74) is 1.71. The summed E-state index contributed by atoms with van der Waals surface area (Å²) in [7, 11) is 2.96. The van der Waals surface area contributed by atoms with Crippen LogP contribution in [0.3, 0.4) is 0 Å². The molecular weight excluding hydrogens is 268 g/mol. The average Bonchev–Trinajstić information content (AvgIpc) is 2.54. The summed E-state index contributed by atoms with van der Waals surface area (Å²) in [5.74, 6) is -0.592. The van der Waals surface area contributed by atoms with Gasteiger partial charge in [-0.2, -0.15) is 0 Å². The standard InChI is InChI=1S/C16H16N2O3/c1-18(15(19)10-12-6-5-9-17-11-12)14-8-4-3-7-13(14)16(20)21-2/h3-9,11H,10H2,1-2H3. The molecular formula is C16H16N2O3. The first-order valence-corrected chi connectivity index (χ1v) is 6.46. The number of methoxy groups -OCH3 is 1. The number of esters is 1. The number of aromatic nitrogens is 1. The van der Waals surface area contributed by atoms with Crippen molar-refractivity contribution in [2.45, 2.75) is 6.42 Å². The third-order valence-corrected chi connectivity index (χ3v) is 3.12. The number of hydrogen-bond acceptors (Lipinski definition) is 4. The largest absolute Gasteiger partial charge is 0.465 e. The molecule has 1 heterocycles. The Morgan fingerprint density at radius 3 is 2.62 bits per heavy atom. The lowest BCUT2D eigenvalue weighted by atomic mass is 10.1. The highest BCUT2D eigenvalue weighted by molar-refractivity contribution is 6.02. The van der Waals surface area contributed by atoms with E-state index in [1.165, 1.54) is 12.0 Å². The van der Waals surface area contributed by atoms with Crippen LogP contribution in [0.25, 0.3) is 0 Å². The van der Waals surface area contributed by atoms with Gasteiger partial charge < -0.3 is 9.64 Å². The van der Waals surface area contributed by atoms with Crippen molar-refractivity contribution in [1.29, 1.82) is 0 Å². The molecule has 0 radical (unpaired) electrons. The van der Waals surface area contributed by atoms with Crippen molar-refractivity contribution in [3.63, 3.8) is 0 Å². The molecule has 0 saturated heterocycles. The van der Waals surface area contributed by atoms with E-state index < -0.39 is 5.97 Å². The fraction of sp³-hybridized carbons (Fsp3) is 0.188. The number of pyridine rings is 1. The summed E-state index contributed by atoms with van der Waals surface area (Å²) < 4.78 is 4.74. The molecule has 1 aromatic heterocycles. The van der Waals surface area contributed by atoms with Gasteiger partial charge >= 0.3 is 5.97 Å². The molecule has 0 saturated carbocycles. The molecule has 108 valence electrons. The van der Waals surface area contributed by atoms with E-state index in [-0.39, 0.29) is 12.3 Å². The molecule has 0 unspecified atom stereocenters. The van der Waals surface area contributed by atoms with Gasteiger partial charge in [0.2, 0.25) is 5.91 Å². The monoisotopic (exact) mass is 284 g/mol. The Bertz CT molecular complexity index is 641. The zero-order valence-corrected chi connectivity index (χ0v) is 11.9. The lowest BCUT2D eigenvalue weighted by Crippen LogP contribution is -2.29. The molecule has 0 aliphatic carbocycles.